The maximum atomic E-state index is 13.0. The molecule has 27 heavy (non-hydrogen) atoms. The first kappa shape index (κ1) is 17.7. The van der Waals surface area contributed by atoms with Crippen LogP contribution in [0.5, 0.6) is 0 Å². The van der Waals surface area contributed by atoms with Gasteiger partial charge in [-0.1, -0.05) is 6.07 Å². The van der Waals surface area contributed by atoms with E-state index in [9.17, 15) is 9.59 Å². The minimum Gasteiger partial charge on any atom is -0.337 e. The molecule has 1 fully saturated rings. The van der Waals surface area contributed by atoms with E-state index in [4.69, 9.17) is 0 Å². The molecule has 1 aromatic heterocycles. The number of hydrogen-bond acceptors (Lipinski definition) is 3. The van der Waals surface area contributed by atoms with E-state index >= 15 is 0 Å². The predicted octanol–water partition coefficient (Wildman–Crippen LogP) is 2.95. The van der Waals surface area contributed by atoms with E-state index in [0.29, 0.717) is 31.7 Å². The minimum absolute atomic E-state index is 0.00817. The molecule has 2 aliphatic rings. The molecule has 2 aromatic rings. The van der Waals surface area contributed by atoms with Gasteiger partial charge in [0.25, 0.3) is 11.8 Å². The third-order valence-electron chi connectivity index (χ3n) is 5.57. The molecule has 5 nitrogen and oxygen atoms in total. The summed E-state index contributed by atoms with van der Waals surface area (Å²) in [6.07, 6.45) is 8.71. The highest BCUT2D eigenvalue weighted by Crippen LogP contribution is 2.23. The van der Waals surface area contributed by atoms with Gasteiger partial charge in [0.15, 0.2) is 0 Å². The van der Waals surface area contributed by atoms with Crippen LogP contribution in [-0.2, 0) is 12.8 Å². The van der Waals surface area contributed by atoms with Crippen LogP contribution in [-0.4, -0.2) is 52.8 Å². The molecule has 0 spiro atoms. The molecule has 2 heterocycles. The molecule has 0 atom stereocenters. The molecule has 0 saturated carbocycles. The molecule has 140 valence electrons. The molecule has 2 amide bonds. The Balaban J connectivity index is 1.43. The Morgan fingerprint density at radius 3 is 2.19 bits per heavy atom. The Morgan fingerprint density at radius 1 is 0.778 bits per heavy atom. The van der Waals surface area contributed by atoms with Crippen LogP contribution in [0.4, 0.5) is 0 Å². The van der Waals surface area contributed by atoms with Gasteiger partial charge in [0.05, 0.1) is 5.56 Å². The lowest BCUT2D eigenvalue weighted by atomic mass is 9.90. The van der Waals surface area contributed by atoms with E-state index in [-0.39, 0.29) is 11.8 Å². The van der Waals surface area contributed by atoms with Gasteiger partial charge in [-0.15, -0.1) is 0 Å². The molecule has 4 rings (SSSR count). The van der Waals surface area contributed by atoms with Crippen LogP contribution >= 0.6 is 0 Å². The molecule has 1 aliphatic carbocycles. The zero-order chi connectivity index (χ0) is 18.6. The lowest BCUT2D eigenvalue weighted by Gasteiger charge is -2.23. The second-order valence-electron chi connectivity index (χ2n) is 7.37. The van der Waals surface area contributed by atoms with Gasteiger partial charge in [-0.05, 0) is 67.5 Å². The minimum atomic E-state index is -0.00817. The fourth-order valence-corrected chi connectivity index (χ4v) is 4.04. The molecule has 0 bridgehead atoms. The van der Waals surface area contributed by atoms with Gasteiger partial charge < -0.3 is 9.80 Å². The van der Waals surface area contributed by atoms with Gasteiger partial charge >= 0.3 is 0 Å². The van der Waals surface area contributed by atoms with E-state index in [1.54, 1.807) is 24.5 Å². The van der Waals surface area contributed by atoms with E-state index < -0.39 is 0 Å². The van der Waals surface area contributed by atoms with Crippen molar-refractivity contribution in [2.75, 3.05) is 26.2 Å². The fraction of sp³-hybridized carbons (Fsp3) is 0.409. The van der Waals surface area contributed by atoms with Crippen LogP contribution in [0.1, 0.15) is 51.1 Å². The molecule has 1 aromatic carbocycles. The summed E-state index contributed by atoms with van der Waals surface area (Å²) in [5.41, 5.74) is 4.10. The number of rotatable bonds is 2. The number of amides is 2. The summed E-state index contributed by atoms with van der Waals surface area (Å²) in [5.74, 6) is 0.0743. The van der Waals surface area contributed by atoms with E-state index in [0.717, 1.165) is 24.8 Å². The van der Waals surface area contributed by atoms with Gasteiger partial charge in [-0.3, -0.25) is 14.6 Å². The summed E-state index contributed by atoms with van der Waals surface area (Å²) >= 11 is 0. The van der Waals surface area contributed by atoms with Gasteiger partial charge in [-0.25, -0.2) is 0 Å². The maximum Gasteiger partial charge on any atom is 0.255 e. The highest BCUT2D eigenvalue weighted by Gasteiger charge is 2.24. The lowest BCUT2D eigenvalue weighted by Crippen LogP contribution is -2.37. The van der Waals surface area contributed by atoms with Crippen molar-refractivity contribution in [1.29, 1.82) is 0 Å². The highest BCUT2D eigenvalue weighted by molar-refractivity contribution is 5.95. The molecule has 5 heteroatoms. The highest BCUT2D eigenvalue weighted by atomic mass is 16.2. The van der Waals surface area contributed by atoms with Crippen molar-refractivity contribution in [2.24, 2.45) is 0 Å². The third-order valence-corrected chi connectivity index (χ3v) is 5.57. The summed E-state index contributed by atoms with van der Waals surface area (Å²) in [4.78, 5) is 33.4. The summed E-state index contributed by atoms with van der Waals surface area (Å²) in [6, 6.07) is 9.74. The van der Waals surface area contributed by atoms with Crippen molar-refractivity contribution in [1.82, 2.24) is 14.8 Å². The third kappa shape index (κ3) is 3.87. The van der Waals surface area contributed by atoms with Crippen molar-refractivity contribution in [3.05, 3.63) is 65.0 Å². The molecule has 0 N–H and O–H groups in total. The number of nitrogens with zero attached hydrogens (tertiary/aromatic N) is 3. The smallest absolute Gasteiger partial charge is 0.255 e. The molecule has 1 saturated heterocycles. The monoisotopic (exact) mass is 363 g/mol. The SMILES string of the molecule is O=C(c1cccnc1)N1CCCN(C(=O)c2ccc3c(c2)CCCC3)CC1. The largest absolute Gasteiger partial charge is 0.337 e. The number of benzene rings is 1. The van der Waals surface area contributed by atoms with Crippen LogP contribution in [0.25, 0.3) is 0 Å². The Kier molecular flexibility index (Phi) is 5.19. The van der Waals surface area contributed by atoms with Crippen LogP contribution in [0, 0.1) is 0 Å². The van der Waals surface area contributed by atoms with Crippen LogP contribution < -0.4 is 0 Å². The average molecular weight is 363 g/mol. The van der Waals surface area contributed by atoms with Gasteiger partial charge in [0, 0.05) is 44.1 Å². The number of hydrogen-bond donors (Lipinski definition) is 0. The summed E-state index contributed by atoms with van der Waals surface area (Å²) < 4.78 is 0. The Hall–Kier alpha value is -2.69. The number of pyridine rings is 1. The number of carbonyl (C=O) groups excluding carboxylic acids is 2. The number of aryl methyl sites for hydroxylation is 2. The second kappa shape index (κ2) is 7.91. The van der Waals surface area contributed by atoms with Gasteiger partial charge in [0.1, 0.15) is 0 Å². The zero-order valence-electron chi connectivity index (χ0n) is 15.6. The average Bonchev–Trinajstić information content (AvgIpc) is 2.99. The summed E-state index contributed by atoms with van der Waals surface area (Å²) in [7, 11) is 0. The van der Waals surface area contributed by atoms with Gasteiger partial charge in [0.2, 0.25) is 0 Å². The van der Waals surface area contributed by atoms with Crippen molar-refractivity contribution in [3.8, 4) is 0 Å². The molecular weight excluding hydrogens is 338 g/mol. The normalized spacial score (nSPS) is 17.2. The Labute approximate surface area is 160 Å². The topological polar surface area (TPSA) is 53.5 Å². The van der Waals surface area contributed by atoms with Gasteiger partial charge in [-0.2, -0.15) is 0 Å². The molecule has 0 radical (unpaired) electrons. The van der Waals surface area contributed by atoms with Crippen molar-refractivity contribution >= 4 is 11.8 Å². The summed E-state index contributed by atoms with van der Waals surface area (Å²) in [6.45, 7) is 2.49. The summed E-state index contributed by atoms with van der Waals surface area (Å²) in [5, 5.41) is 0. The molecular formula is C22H25N3O2. The molecule has 1 aliphatic heterocycles. The number of fused-ring (bicyclic) bond motifs is 1. The van der Waals surface area contributed by atoms with E-state index in [2.05, 4.69) is 17.1 Å². The fourth-order valence-electron chi connectivity index (χ4n) is 4.04. The quantitative estimate of drug-likeness (QED) is 0.824. The number of aromatic nitrogens is 1. The van der Waals surface area contributed by atoms with Crippen molar-refractivity contribution in [2.45, 2.75) is 32.1 Å². The molecule has 0 unspecified atom stereocenters. The Morgan fingerprint density at radius 2 is 1.48 bits per heavy atom. The standard InChI is InChI=1S/C22H25N3O2/c26-21(19-9-8-17-5-1-2-6-18(17)15-19)24-11-4-12-25(14-13-24)22(27)20-7-3-10-23-16-20/h3,7-10,15-16H,1-2,4-6,11-14H2. The predicted molar refractivity (Wildman–Crippen MR) is 104 cm³/mol. The maximum absolute atomic E-state index is 13.0. The zero-order valence-corrected chi connectivity index (χ0v) is 15.6. The van der Waals surface area contributed by atoms with Crippen molar-refractivity contribution in [3.63, 3.8) is 0 Å². The van der Waals surface area contributed by atoms with E-state index in [1.807, 2.05) is 15.9 Å². The number of carbonyl (C=O) groups is 2. The second-order valence-corrected chi connectivity index (χ2v) is 7.37. The van der Waals surface area contributed by atoms with E-state index in [1.165, 1.54) is 24.0 Å². The van der Waals surface area contributed by atoms with Crippen molar-refractivity contribution < 1.29 is 9.59 Å². The lowest BCUT2D eigenvalue weighted by molar-refractivity contribution is 0.0718. The van der Waals surface area contributed by atoms with Crippen LogP contribution in [0.15, 0.2) is 42.7 Å². The first-order valence-electron chi connectivity index (χ1n) is 9.83. The van der Waals surface area contributed by atoms with Crippen LogP contribution in [0.2, 0.25) is 0 Å². The first-order valence-corrected chi connectivity index (χ1v) is 9.83. The Bertz CT molecular complexity index is 835. The first-order chi connectivity index (χ1) is 13.2. The van der Waals surface area contributed by atoms with Crippen LogP contribution in [0.3, 0.4) is 0 Å².